The smallest absolute Gasteiger partial charge is 0.123 e. The highest BCUT2D eigenvalue weighted by Crippen LogP contribution is 2.31. The molecule has 0 saturated carbocycles. The van der Waals surface area contributed by atoms with Gasteiger partial charge in [0.1, 0.15) is 11.6 Å². The molecule has 0 saturated heterocycles. The Morgan fingerprint density at radius 3 is 2.62 bits per heavy atom. The number of rotatable bonds is 5. The number of benzene rings is 2. The molecule has 0 fully saturated rings. The Bertz CT molecular complexity index is 800. The summed E-state index contributed by atoms with van der Waals surface area (Å²) in [6.07, 6.45) is 1.81. The van der Waals surface area contributed by atoms with Gasteiger partial charge in [-0.1, -0.05) is 26.0 Å². The van der Waals surface area contributed by atoms with Gasteiger partial charge in [-0.05, 0) is 72.4 Å². The molecule has 0 amide bonds. The van der Waals surface area contributed by atoms with E-state index in [0.717, 1.165) is 22.4 Å². The molecule has 2 aromatic carbocycles. The number of nitrogens with zero attached hydrogens (tertiary/aromatic N) is 1. The first-order valence-corrected chi connectivity index (χ1v) is 8.11. The predicted molar refractivity (Wildman–Crippen MR) is 96.3 cm³/mol. The maximum Gasteiger partial charge on any atom is 0.123 e. The Hall–Kier alpha value is -2.60. The second-order valence-electron chi connectivity index (χ2n) is 6.01. The Morgan fingerprint density at radius 1 is 1.29 bits per heavy atom. The van der Waals surface area contributed by atoms with E-state index in [4.69, 9.17) is 4.74 Å². The molecule has 3 heteroatoms. The molecule has 0 aliphatic rings. The Morgan fingerprint density at radius 2 is 2.04 bits per heavy atom. The third kappa shape index (κ3) is 4.02. The quantitative estimate of drug-likeness (QED) is 0.521. The fourth-order valence-corrected chi connectivity index (χ4v) is 2.59. The molecule has 0 aliphatic heterocycles. The molecule has 0 heterocycles. The van der Waals surface area contributed by atoms with Crippen LogP contribution in [0.5, 0.6) is 5.75 Å². The second-order valence-corrected chi connectivity index (χ2v) is 6.01. The summed E-state index contributed by atoms with van der Waals surface area (Å²) in [5.41, 5.74) is 4.09. The zero-order chi connectivity index (χ0) is 17.7. The van der Waals surface area contributed by atoms with Crippen LogP contribution in [0.1, 0.15) is 48.9 Å². The van der Waals surface area contributed by atoms with Crippen LogP contribution < -0.4 is 4.74 Å². The van der Waals surface area contributed by atoms with Gasteiger partial charge in [-0.3, -0.25) is 0 Å². The van der Waals surface area contributed by atoms with Gasteiger partial charge in [0.25, 0.3) is 0 Å². The Balaban J connectivity index is 2.54. The number of aryl methyl sites for hydroxylation is 1. The van der Waals surface area contributed by atoms with E-state index < -0.39 is 0 Å². The van der Waals surface area contributed by atoms with Crippen LogP contribution in [0.25, 0.3) is 11.6 Å². The summed E-state index contributed by atoms with van der Waals surface area (Å²) in [4.78, 5) is 0. The summed E-state index contributed by atoms with van der Waals surface area (Å²) in [6, 6.07) is 12.3. The Labute approximate surface area is 143 Å². The molecule has 0 aromatic heterocycles. The number of halogens is 1. The zero-order valence-electron chi connectivity index (χ0n) is 14.6. The highest BCUT2D eigenvalue weighted by molar-refractivity contribution is 5.90. The second kappa shape index (κ2) is 7.79. The van der Waals surface area contributed by atoms with Gasteiger partial charge in [-0.25, -0.2) is 4.39 Å². The lowest BCUT2D eigenvalue weighted by Crippen LogP contribution is -2.00. The molecule has 0 radical (unpaired) electrons. The first kappa shape index (κ1) is 17.7. The highest BCUT2D eigenvalue weighted by Gasteiger charge is 2.12. The molecule has 2 nitrogen and oxygen atoms in total. The maximum absolute atomic E-state index is 13.4. The molecule has 24 heavy (non-hydrogen) atoms. The van der Waals surface area contributed by atoms with Crippen molar-refractivity contribution in [2.45, 2.75) is 33.6 Å². The fraction of sp³-hybridized carbons (Fsp3) is 0.286. The standard InChI is InChI=1S/C21H22FNO/c1-5-24-21-9-15(4)17(12-20(21)14(2)3)10-18(13-23)16-7-6-8-19(22)11-16/h6-12,14H,5H2,1-4H3/b18-10-. The first-order valence-electron chi connectivity index (χ1n) is 8.11. The van der Waals surface area contributed by atoms with E-state index in [1.807, 2.05) is 26.0 Å². The highest BCUT2D eigenvalue weighted by atomic mass is 19.1. The van der Waals surface area contributed by atoms with E-state index in [9.17, 15) is 9.65 Å². The van der Waals surface area contributed by atoms with Crippen LogP contribution in [0.2, 0.25) is 0 Å². The van der Waals surface area contributed by atoms with Crippen LogP contribution in [-0.4, -0.2) is 6.61 Å². The van der Waals surface area contributed by atoms with Crippen LogP contribution in [-0.2, 0) is 0 Å². The fourth-order valence-electron chi connectivity index (χ4n) is 2.59. The van der Waals surface area contributed by atoms with Gasteiger partial charge in [0.05, 0.1) is 18.2 Å². The van der Waals surface area contributed by atoms with Gasteiger partial charge >= 0.3 is 0 Å². The monoisotopic (exact) mass is 323 g/mol. The third-order valence-corrected chi connectivity index (χ3v) is 3.88. The largest absolute Gasteiger partial charge is 0.494 e. The summed E-state index contributed by atoms with van der Waals surface area (Å²) in [5, 5.41) is 9.47. The van der Waals surface area contributed by atoms with Crippen LogP contribution in [0, 0.1) is 24.1 Å². The van der Waals surface area contributed by atoms with Crippen molar-refractivity contribution in [1.82, 2.24) is 0 Å². The molecular weight excluding hydrogens is 301 g/mol. The molecular formula is C21H22FNO. The summed E-state index contributed by atoms with van der Waals surface area (Å²) in [5.74, 6) is 0.838. The normalized spacial score (nSPS) is 11.5. The molecule has 2 rings (SSSR count). The maximum atomic E-state index is 13.4. The Kier molecular flexibility index (Phi) is 5.76. The number of allylic oxidation sites excluding steroid dienone is 1. The van der Waals surface area contributed by atoms with Crippen molar-refractivity contribution in [3.8, 4) is 11.8 Å². The van der Waals surface area contributed by atoms with Crippen LogP contribution in [0.15, 0.2) is 36.4 Å². The lowest BCUT2D eigenvalue weighted by Gasteiger charge is -2.16. The molecule has 0 atom stereocenters. The van der Waals surface area contributed by atoms with E-state index in [1.54, 1.807) is 12.1 Å². The lowest BCUT2D eigenvalue weighted by molar-refractivity contribution is 0.335. The van der Waals surface area contributed by atoms with Gasteiger partial charge in [0.15, 0.2) is 0 Å². The molecule has 0 spiro atoms. The number of ether oxygens (including phenoxy) is 1. The van der Waals surface area contributed by atoms with Crippen molar-refractivity contribution < 1.29 is 9.13 Å². The minimum atomic E-state index is -0.347. The van der Waals surface area contributed by atoms with Crippen LogP contribution >= 0.6 is 0 Å². The van der Waals surface area contributed by atoms with Gasteiger partial charge < -0.3 is 4.74 Å². The number of hydrogen-bond donors (Lipinski definition) is 0. The molecule has 124 valence electrons. The minimum Gasteiger partial charge on any atom is -0.494 e. The topological polar surface area (TPSA) is 33.0 Å². The summed E-state index contributed by atoms with van der Waals surface area (Å²) in [7, 11) is 0. The van der Waals surface area contributed by atoms with E-state index >= 15 is 0 Å². The minimum absolute atomic E-state index is 0.305. The zero-order valence-corrected chi connectivity index (χ0v) is 14.6. The van der Waals surface area contributed by atoms with Crippen molar-refractivity contribution in [1.29, 1.82) is 5.26 Å². The van der Waals surface area contributed by atoms with E-state index in [-0.39, 0.29) is 5.82 Å². The molecule has 0 unspecified atom stereocenters. The van der Waals surface area contributed by atoms with E-state index in [0.29, 0.717) is 23.7 Å². The molecule has 0 bridgehead atoms. The van der Waals surface area contributed by atoms with E-state index in [2.05, 4.69) is 26.0 Å². The first-order chi connectivity index (χ1) is 11.5. The third-order valence-electron chi connectivity index (χ3n) is 3.88. The average molecular weight is 323 g/mol. The van der Waals surface area contributed by atoms with Crippen molar-refractivity contribution in [2.24, 2.45) is 0 Å². The number of hydrogen-bond acceptors (Lipinski definition) is 2. The predicted octanol–water partition coefficient (Wildman–Crippen LogP) is 5.72. The van der Waals surface area contributed by atoms with Crippen molar-refractivity contribution in [3.05, 3.63) is 64.5 Å². The molecule has 0 N–H and O–H groups in total. The van der Waals surface area contributed by atoms with Crippen molar-refractivity contribution >= 4 is 11.6 Å². The molecule has 0 aliphatic carbocycles. The van der Waals surface area contributed by atoms with Gasteiger partial charge in [0.2, 0.25) is 0 Å². The van der Waals surface area contributed by atoms with E-state index in [1.165, 1.54) is 12.1 Å². The SMILES string of the molecule is CCOc1cc(C)c(/C=C(/C#N)c2cccc(F)c2)cc1C(C)C. The summed E-state index contributed by atoms with van der Waals surface area (Å²) < 4.78 is 19.2. The van der Waals surface area contributed by atoms with Crippen molar-refractivity contribution in [3.63, 3.8) is 0 Å². The lowest BCUT2D eigenvalue weighted by atomic mass is 9.94. The molecule has 2 aromatic rings. The van der Waals surface area contributed by atoms with Crippen LogP contribution in [0.3, 0.4) is 0 Å². The summed E-state index contributed by atoms with van der Waals surface area (Å²) >= 11 is 0. The van der Waals surface area contributed by atoms with Gasteiger partial charge in [-0.15, -0.1) is 0 Å². The van der Waals surface area contributed by atoms with Crippen LogP contribution in [0.4, 0.5) is 4.39 Å². The van der Waals surface area contributed by atoms with Crippen molar-refractivity contribution in [2.75, 3.05) is 6.61 Å². The van der Waals surface area contributed by atoms with Gasteiger partial charge in [0, 0.05) is 0 Å². The number of nitriles is 1. The summed E-state index contributed by atoms with van der Waals surface area (Å²) in [6.45, 7) is 8.78. The average Bonchev–Trinajstić information content (AvgIpc) is 2.54. The van der Waals surface area contributed by atoms with Gasteiger partial charge in [-0.2, -0.15) is 5.26 Å².